The molecule has 1 aromatic heterocycles. The molecule has 12 heteroatoms. The van der Waals surface area contributed by atoms with Gasteiger partial charge in [-0.15, -0.1) is 0 Å². The highest BCUT2D eigenvalue weighted by atomic mass is 32.2. The third-order valence-electron chi connectivity index (χ3n) is 7.97. The number of fused-ring (bicyclic) bond motifs is 2. The Bertz CT molecular complexity index is 2110. The number of rotatable bonds is 8. The Morgan fingerprint density at radius 2 is 1.48 bits per heavy atom. The van der Waals surface area contributed by atoms with Crippen molar-refractivity contribution in [2.45, 2.75) is 18.0 Å². The minimum absolute atomic E-state index is 0.114. The summed E-state index contributed by atoms with van der Waals surface area (Å²) in [7, 11) is -3.17. The Balaban J connectivity index is 1.23. The van der Waals surface area contributed by atoms with Gasteiger partial charge in [0, 0.05) is 40.3 Å². The highest BCUT2D eigenvalue weighted by Gasteiger charge is 2.32. The number of thiazole rings is 1. The van der Waals surface area contributed by atoms with Gasteiger partial charge < -0.3 is 30.1 Å². The number of carbonyl (C=O) groups is 1. The lowest BCUT2D eigenvalue weighted by Gasteiger charge is -2.29. The molecule has 0 unspecified atom stereocenters. The predicted octanol–water partition coefficient (Wildman–Crippen LogP) is 1.83. The fourth-order valence-corrected chi connectivity index (χ4v) is 7.87. The molecule has 8 nitrogen and oxygen atoms in total. The number of nitrogens with zero attached hydrogens (tertiary/aromatic N) is 2. The van der Waals surface area contributed by atoms with Crippen molar-refractivity contribution in [1.82, 2.24) is 0 Å². The maximum absolute atomic E-state index is 13.5. The van der Waals surface area contributed by atoms with Crippen molar-refractivity contribution in [3.8, 4) is 0 Å². The van der Waals surface area contributed by atoms with Crippen LogP contribution < -0.4 is 25.5 Å². The topological polar surface area (TPSA) is 128 Å². The van der Waals surface area contributed by atoms with Gasteiger partial charge in [-0.1, -0.05) is 102 Å². The highest BCUT2D eigenvalue weighted by molar-refractivity contribution is 8.03. The lowest BCUT2D eigenvalue weighted by atomic mass is 9.79. The normalized spacial score (nSPS) is 16.0. The van der Waals surface area contributed by atoms with Gasteiger partial charge in [-0.05, 0) is 40.8 Å². The second-order valence-electron chi connectivity index (χ2n) is 11.0. The van der Waals surface area contributed by atoms with Crippen LogP contribution in [0.1, 0.15) is 16.1 Å². The first-order chi connectivity index (χ1) is 22.3. The second-order valence-corrected chi connectivity index (χ2v) is 13.1. The van der Waals surface area contributed by atoms with Crippen molar-refractivity contribution >= 4 is 76.0 Å². The van der Waals surface area contributed by atoms with Gasteiger partial charge in [-0.2, -0.15) is 4.57 Å². The van der Waals surface area contributed by atoms with Crippen LogP contribution in [0.4, 0.5) is 5.69 Å². The fourth-order valence-electron chi connectivity index (χ4n) is 5.66. The minimum Gasteiger partial charge on any atom is -0.871 e. The van der Waals surface area contributed by atoms with E-state index in [1.54, 1.807) is 48.6 Å². The number of anilines is 1. The zero-order valence-electron chi connectivity index (χ0n) is 24.3. The lowest BCUT2D eigenvalue weighted by Crippen LogP contribution is -2.38. The Labute approximate surface area is 273 Å². The van der Waals surface area contributed by atoms with Gasteiger partial charge in [-0.3, -0.25) is 4.79 Å². The number of aromatic nitrogens is 1. The van der Waals surface area contributed by atoms with Crippen LogP contribution in [0.3, 0.4) is 0 Å². The van der Waals surface area contributed by atoms with E-state index < -0.39 is 14.2 Å². The Morgan fingerprint density at radius 3 is 2.22 bits per heavy atom. The van der Waals surface area contributed by atoms with Crippen LogP contribution >= 0.6 is 23.1 Å². The van der Waals surface area contributed by atoms with Gasteiger partial charge in [0.2, 0.25) is 5.52 Å². The smallest absolute Gasteiger partial charge is 0.488 e. The van der Waals surface area contributed by atoms with Crippen LogP contribution in [0, 0.1) is 0 Å². The second kappa shape index (κ2) is 12.4. The number of hydrogen-bond donors (Lipinski definition) is 4. The van der Waals surface area contributed by atoms with Gasteiger partial charge in [0.25, 0.3) is 5.01 Å². The summed E-state index contributed by atoms with van der Waals surface area (Å²) in [5, 5.41) is 53.6. The molecule has 0 bridgehead atoms. The first-order valence-electron chi connectivity index (χ1n) is 14.5. The maximum Gasteiger partial charge on any atom is 0.488 e. The molecule has 46 heavy (non-hydrogen) atoms. The molecular formula is C34H26B2N2O6S2. The molecule has 4 aromatic carbocycles. The summed E-state index contributed by atoms with van der Waals surface area (Å²) in [6.45, 7) is 0.816. The minimum atomic E-state index is -1.58. The van der Waals surface area contributed by atoms with Crippen LogP contribution in [0.5, 0.6) is 0 Å². The average molecular weight is 644 g/mol. The van der Waals surface area contributed by atoms with Crippen LogP contribution in [0.15, 0.2) is 130 Å². The number of para-hydroxylation sites is 2. The largest absolute Gasteiger partial charge is 0.871 e. The molecule has 0 atom stereocenters. The first-order valence-corrected chi connectivity index (χ1v) is 16.2. The summed E-state index contributed by atoms with van der Waals surface area (Å²) >= 11 is 2.95. The quantitative estimate of drug-likeness (QED) is 0.115. The number of allylic oxidation sites excluding steroid dienone is 3. The summed E-state index contributed by atoms with van der Waals surface area (Å²) in [5.41, 5.74) is 4.56. The van der Waals surface area contributed by atoms with E-state index in [0.29, 0.717) is 24.0 Å². The number of Topliss-reactive ketones (excluding diaryl/α,β-unsaturated/α-hetero) is 1. The molecule has 1 aliphatic carbocycles. The Kier molecular flexibility index (Phi) is 8.16. The van der Waals surface area contributed by atoms with Crippen molar-refractivity contribution in [3.63, 3.8) is 0 Å². The molecule has 0 amide bonds. The van der Waals surface area contributed by atoms with E-state index in [-0.39, 0.29) is 22.7 Å². The molecule has 0 fully saturated rings. The zero-order valence-corrected chi connectivity index (χ0v) is 25.9. The maximum atomic E-state index is 13.5. The molecule has 0 saturated heterocycles. The Hall–Kier alpha value is -4.42. The number of thioether (sulfide) groups is 1. The van der Waals surface area contributed by atoms with Gasteiger partial charge in [-0.25, -0.2) is 0 Å². The average Bonchev–Trinajstić information content (AvgIpc) is 3.59. The molecule has 4 N–H and O–H groups in total. The number of ketones is 1. The summed E-state index contributed by atoms with van der Waals surface area (Å²) in [6, 6.07) is 29.7. The fraction of sp³-hybridized carbons (Fsp3) is 0.0588. The van der Waals surface area contributed by atoms with E-state index in [0.717, 1.165) is 42.0 Å². The molecule has 0 saturated carbocycles. The van der Waals surface area contributed by atoms with Gasteiger partial charge in [0.05, 0.1) is 10.7 Å². The molecule has 2 aliphatic rings. The summed E-state index contributed by atoms with van der Waals surface area (Å²) < 4.78 is 3.02. The third kappa shape index (κ3) is 5.71. The zero-order chi connectivity index (χ0) is 31.9. The van der Waals surface area contributed by atoms with E-state index in [1.807, 2.05) is 70.1 Å². The summed E-state index contributed by atoms with van der Waals surface area (Å²) in [5.74, 6) is -0.650. The third-order valence-corrected chi connectivity index (χ3v) is 10.2. The van der Waals surface area contributed by atoms with Crippen LogP contribution in [-0.2, 0) is 17.9 Å². The molecule has 1 aliphatic heterocycles. The predicted molar refractivity (Wildman–Crippen MR) is 180 cm³/mol. The summed E-state index contributed by atoms with van der Waals surface area (Å²) in [4.78, 5) is 16.5. The lowest BCUT2D eigenvalue weighted by molar-refractivity contribution is -0.659. The number of carbonyl (C=O) groups excluding carboxylic acids is 1. The van der Waals surface area contributed by atoms with Gasteiger partial charge in [0.15, 0.2) is 12.3 Å². The number of hydrogen-bond acceptors (Lipinski definition) is 9. The highest BCUT2D eigenvalue weighted by Crippen LogP contribution is 2.47. The van der Waals surface area contributed by atoms with Crippen molar-refractivity contribution in [1.29, 1.82) is 0 Å². The summed E-state index contributed by atoms with van der Waals surface area (Å²) in [6.07, 6.45) is 3.31. The first kappa shape index (κ1) is 30.2. The molecule has 226 valence electrons. The van der Waals surface area contributed by atoms with Crippen LogP contribution in [0.25, 0.3) is 16.3 Å². The monoisotopic (exact) mass is 644 g/mol. The van der Waals surface area contributed by atoms with Crippen molar-refractivity contribution in [2.75, 3.05) is 4.90 Å². The van der Waals surface area contributed by atoms with Crippen molar-refractivity contribution in [3.05, 3.63) is 141 Å². The van der Waals surface area contributed by atoms with Gasteiger partial charge >= 0.3 is 14.2 Å². The molecule has 0 spiro atoms. The standard InChI is InChI=1S/C34H26B2N2O6S2/c39-33-25(17-31-37(27-11-1-3-13-29(27)45-31)19-21-7-5-9-23(15-21)35(41)42)34(40)26(33)18-32-38(28-12-2-4-14-30(28)46-32)20-22-8-6-10-24(16-22)36(43)44/h1-18,41-44H,19-20H2. The van der Waals surface area contributed by atoms with E-state index in [2.05, 4.69) is 0 Å². The molecular weight excluding hydrogens is 618 g/mol. The van der Waals surface area contributed by atoms with E-state index >= 15 is 0 Å². The SMILES string of the molecule is O=C1C(/C=C2\Sc3ccccc3N2Cc2cccc(B(O)O)c2)=C([O-])C/1=C/c1sc2ccccc2[n+]1Cc1cccc(B(O)O)c1. The molecule has 5 aromatic rings. The van der Waals surface area contributed by atoms with Crippen molar-refractivity contribution < 1.29 is 34.6 Å². The molecule has 7 rings (SSSR count). The Morgan fingerprint density at radius 1 is 0.804 bits per heavy atom. The molecule has 0 radical (unpaired) electrons. The number of benzene rings is 4. The van der Waals surface area contributed by atoms with Crippen LogP contribution in [0.2, 0.25) is 0 Å². The van der Waals surface area contributed by atoms with E-state index in [4.69, 9.17) is 0 Å². The van der Waals surface area contributed by atoms with E-state index in [9.17, 15) is 30.0 Å². The van der Waals surface area contributed by atoms with Crippen molar-refractivity contribution in [2.24, 2.45) is 0 Å². The molecule has 2 heterocycles. The van der Waals surface area contributed by atoms with E-state index in [1.165, 1.54) is 23.1 Å². The van der Waals surface area contributed by atoms with Crippen LogP contribution in [-0.4, -0.2) is 40.1 Å². The van der Waals surface area contributed by atoms with Gasteiger partial charge in [0.1, 0.15) is 4.70 Å².